The van der Waals surface area contributed by atoms with Gasteiger partial charge in [-0.15, -0.1) is 0 Å². The van der Waals surface area contributed by atoms with E-state index in [9.17, 15) is 4.79 Å². The van der Waals surface area contributed by atoms with E-state index in [-0.39, 0.29) is 5.91 Å². The molecule has 92 valence electrons. The van der Waals surface area contributed by atoms with Crippen LogP contribution >= 0.6 is 22.3 Å². The Hall–Kier alpha value is -1.16. The van der Waals surface area contributed by atoms with E-state index in [0.717, 1.165) is 4.90 Å². The molecule has 18 heavy (non-hydrogen) atoms. The third-order valence-corrected chi connectivity index (χ3v) is 4.17. The van der Waals surface area contributed by atoms with Gasteiger partial charge in [-0.25, -0.2) is 0 Å². The van der Waals surface area contributed by atoms with Crippen molar-refractivity contribution < 1.29 is 4.79 Å². The average Bonchev–Trinajstić information content (AvgIpc) is 2.40. The van der Waals surface area contributed by atoms with E-state index in [2.05, 4.69) is 4.36 Å². The van der Waals surface area contributed by atoms with Crippen LogP contribution in [0.15, 0.2) is 63.9 Å². The molecule has 0 aliphatic heterocycles. The lowest BCUT2D eigenvalue weighted by atomic mass is 10.2. The van der Waals surface area contributed by atoms with Crippen LogP contribution in [0, 0.1) is 0 Å². The molecule has 0 saturated heterocycles. The van der Waals surface area contributed by atoms with E-state index in [1.54, 1.807) is 48.5 Å². The SMILES string of the molecule is O=C(N=S(Cl)c1ccc(Cl)cc1)c1ccccc1. The fourth-order valence-electron chi connectivity index (χ4n) is 1.31. The molecule has 0 N–H and O–H groups in total. The standard InChI is InChI=1S/C13H9Cl2NOS/c14-11-6-8-12(9-7-11)18(15)16-13(17)10-4-2-1-3-5-10/h1-9H. The molecule has 2 nitrogen and oxygen atoms in total. The molecule has 2 rings (SSSR count). The molecule has 1 unspecified atom stereocenters. The summed E-state index contributed by atoms with van der Waals surface area (Å²) in [7, 11) is 5.12. The van der Waals surface area contributed by atoms with Crippen LogP contribution < -0.4 is 0 Å². The van der Waals surface area contributed by atoms with Gasteiger partial charge in [-0.05, 0) is 47.1 Å². The highest BCUT2D eigenvalue weighted by atomic mass is 35.7. The number of hydrogen-bond acceptors (Lipinski definition) is 1. The van der Waals surface area contributed by atoms with Crippen molar-refractivity contribution in [1.82, 2.24) is 0 Å². The predicted molar refractivity (Wildman–Crippen MR) is 76.1 cm³/mol. The monoisotopic (exact) mass is 297 g/mol. The number of carbonyl (C=O) groups is 1. The molecular formula is C13H9Cl2NOS. The van der Waals surface area contributed by atoms with Gasteiger partial charge in [0.15, 0.2) is 0 Å². The van der Waals surface area contributed by atoms with Gasteiger partial charge in [-0.1, -0.05) is 29.8 Å². The summed E-state index contributed by atoms with van der Waals surface area (Å²) in [6.45, 7) is 0. The summed E-state index contributed by atoms with van der Waals surface area (Å²) in [4.78, 5) is 12.6. The smallest absolute Gasteiger partial charge is 0.266 e. The minimum absolute atomic E-state index is 0.316. The molecule has 0 radical (unpaired) electrons. The second-order valence-electron chi connectivity index (χ2n) is 3.45. The summed E-state index contributed by atoms with van der Waals surface area (Å²) in [5.41, 5.74) is 0.532. The van der Waals surface area contributed by atoms with E-state index >= 15 is 0 Å². The highest BCUT2D eigenvalue weighted by Gasteiger charge is 2.05. The summed E-state index contributed by atoms with van der Waals surface area (Å²) in [6, 6.07) is 15.8. The average molecular weight is 298 g/mol. The number of amides is 1. The van der Waals surface area contributed by atoms with Crippen LogP contribution in [0.2, 0.25) is 5.02 Å². The van der Waals surface area contributed by atoms with E-state index in [1.165, 1.54) is 0 Å². The number of halogens is 2. The summed E-state index contributed by atoms with van der Waals surface area (Å²) in [5.74, 6) is -0.316. The molecular weight excluding hydrogens is 289 g/mol. The highest BCUT2D eigenvalue weighted by Crippen LogP contribution is 2.17. The number of carbonyl (C=O) groups excluding carboxylic acids is 1. The predicted octanol–water partition coefficient (Wildman–Crippen LogP) is 4.50. The second-order valence-corrected chi connectivity index (χ2v) is 5.90. The lowest BCUT2D eigenvalue weighted by Gasteiger charge is -2.00. The summed E-state index contributed by atoms with van der Waals surface area (Å²) < 4.78 is 3.96. The van der Waals surface area contributed by atoms with E-state index in [4.69, 9.17) is 22.3 Å². The first-order valence-corrected chi connectivity index (χ1v) is 7.53. The number of benzene rings is 2. The molecule has 0 spiro atoms. The van der Waals surface area contributed by atoms with Crippen LogP contribution in [0.3, 0.4) is 0 Å². The van der Waals surface area contributed by atoms with E-state index in [0.29, 0.717) is 10.6 Å². The van der Waals surface area contributed by atoms with Crippen molar-refractivity contribution in [3.05, 3.63) is 65.2 Å². The Morgan fingerprint density at radius 1 is 1.00 bits per heavy atom. The first-order chi connectivity index (χ1) is 8.66. The summed E-state index contributed by atoms with van der Waals surface area (Å²) in [6.07, 6.45) is 0. The molecule has 2 aromatic rings. The fraction of sp³-hybridized carbons (Fsp3) is 0. The number of nitrogens with zero attached hydrogens (tertiary/aromatic N) is 1. The third kappa shape index (κ3) is 3.42. The Kier molecular flexibility index (Phi) is 4.53. The van der Waals surface area contributed by atoms with Crippen LogP contribution in [-0.4, -0.2) is 5.91 Å². The third-order valence-electron chi connectivity index (χ3n) is 2.19. The zero-order chi connectivity index (χ0) is 13.0. The molecule has 0 fully saturated rings. The molecule has 0 heterocycles. The molecule has 1 atom stereocenters. The maximum Gasteiger partial charge on any atom is 0.284 e. The van der Waals surface area contributed by atoms with Gasteiger partial charge in [0, 0.05) is 25.4 Å². The van der Waals surface area contributed by atoms with Crippen molar-refractivity contribution in [3.63, 3.8) is 0 Å². The lowest BCUT2D eigenvalue weighted by molar-refractivity contribution is 0.101. The Morgan fingerprint density at radius 2 is 1.61 bits per heavy atom. The quantitative estimate of drug-likeness (QED) is 0.803. The van der Waals surface area contributed by atoms with Gasteiger partial charge < -0.3 is 0 Å². The molecule has 0 aliphatic carbocycles. The van der Waals surface area contributed by atoms with Gasteiger partial charge in [0.1, 0.15) is 0 Å². The highest BCUT2D eigenvalue weighted by molar-refractivity contribution is 8.10. The number of rotatable bonds is 2. The van der Waals surface area contributed by atoms with Crippen molar-refractivity contribution >= 4 is 38.1 Å². The first-order valence-electron chi connectivity index (χ1n) is 5.14. The Balaban J connectivity index is 2.23. The Labute approximate surface area is 117 Å². The normalized spacial score (nSPS) is 12.3. The van der Waals surface area contributed by atoms with Gasteiger partial charge in [0.2, 0.25) is 0 Å². The first kappa shape index (κ1) is 13.3. The Morgan fingerprint density at radius 3 is 2.22 bits per heavy atom. The fourth-order valence-corrected chi connectivity index (χ4v) is 2.65. The topological polar surface area (TPSA) is 29.4 Å². The van der Waals surface area contributed by atoms with E-state index < -0.39 is 9.90 Å². The Bertz CT molecular complexity index is 582. The van der Waals surface area contributed by atoms with Crippen molar-refractivity contribution in [3.8, 4) is 0 Å². The largest absolute Gasteiger partial charge is 0.284 e. The van der Waals surface area contributed by atoms with Crippen molar-refractivity contribution in [2.75, 3.05) is 0 Å². The van der Waals surface area contributed by atoms with Crippen LogP contribution in [0.25, 0.3) is 0 Å². The zero-order valence-corrected chi connectivity index (χ0v) is 11.5. The molecule has 0 bridgehead atoms. The minimum Gasteiger partial charge on any atom is -0.266 e. The zero-order valence-electron chi connectivity index (χ0n) is 9.22. The van der Waals surface area contributed by atoms with Crippen LogP contribution in [0.5, 0.6) is 0 Å². The summed E-state index contributed by atoms with van der Waals surface area (Å²) in [5, 5.41) is 0.627. The summed E-state index contributed by atoms with van der Waals surface area (Å²) >= 11 is 5.78. The van der Waals surface area contributed by atoms with Gasteiger partial charge >= 0.3 is 0 Å². The van der Waals surface area contributed by atoms with Gasteiger partial charge in [-0.3, -0.25) is 4.79 Å². The molecule has 5 heteroatoms. The minimum atomic E-state index is -0.983. The van der Waals surface area contributed by atoms with Crippen molar-refractivity contribution in [2.45, 2.75) is 4.90 Å². The maximum absolute atomic E-state index is 11.8. The van der Waals surface area contributed by atoms with Gasteiger partial charge in [0.25, 0.3) is 5.91 Å². The van der Waals surface area contributed by atoms with E-state index in [1.807, 2.05) is 6.07 Å². The number of hydrogen-bond donors (Lipinski definition) is 0. The second kappa shape index (κ2) is 6.14. The van der Waals surface area contributed by atoms with Crippen LogP contribution in [0.4, 0.5) is 0 Å². The van der Waals surface area contributed by atoms with Crippen LogP contribution in [0.1, 0.15) is 10.4 Å². The molecule has 0 saturated carbocycles. The molecule has 0 aliphatic rings. The molecule has 2 aromatic carbocycles. The van der Waals surface area contributed by atoms with Crippen molar-refractivity contribution in [1.29, 1.82) is 0 Å². The van der Waals surface area contributed by atoms with Crippen LogP contribution in [-0.2, 0) is 9.90 Å². The van der Waals surface area contributed by atoms with Crippen molar-refractivity contribution in [2.24, 2.45) is 4.36 Å². The lowest BCUT2D eigenvalue weighted by Crippen LogP contribution is -1.95. The molecule has 1 amide bonds. The van der Waals surface area contributed by atoms with Gasteiger partial charge in [-0.2, -0.15) is 4.36 Å². The maximum atomic E-state index is 11.8. The molecule has 0 aromatic heterocycles. The van der Waals surface area contributed by atoms with Gasteiger partial charge in [0.05, 0.1) is 0 Å².